The third-order valence-electron chi connectivity index (χ3n) is 2.72. The summed E-state index contributed by atoms with van der Waals surface area (Å²) < 4.78 is 18.8. The van der Waals surface area contributed by atoms with Crippen molar-refractivity contribution in [2.24, 2.45) is 0 Å². The summed E-state index contributed by atoms with van der Waals surface area (Å²) in [6.07, 6.45) is 0. The summed E-state index contributed by atoms with van der Waals surface area (Å²) in [5.74, 6) is 0.497. The molecule has 5 heteroatoms. The second-order valence-electron chi connectivity index (χ2n) is 4.19. The van der Waals surface area contributed by atoms with Gasteiger partial charge in [0.25, 0.3) is 0 Å². The first kappa shape index (κ1) is 15.1. The molecule has 0 aliphatic carbocycles. The first-order valence-corrected chi connectivity index (χ1v) is 6.98. The maximum Gasteiger partial charge on any atom is 0.150 e. The monoisotopic (exact) mass is 313 g/mol. The summed E-state index contributed by atoms with van der Waals surface area (Å²) in [5, 5.41) is 3.90. The molecule has 0 fully saturated rings. The summed E-state index contributed by atoms with van der Waals surface area (Å²) in [6, 6.07) is 9.50. The minimum Gasteiger partial charge on any atom is -0.454 e. The zero-order chi connectivity index (χ0) is 14.5. The van der Waals surface area contributed by atoms with E-state index in [2.05, 4.69) is 5.32 Å². The van der Waals surface area contributed by atoms with E-state index in [4.69, 9.17) is 27.9 Å². The Morgan fingerprint density at radius 2 is 1.95 bits per heavy atom. The molecule has 2 aromatic carbocycles. The zero-order valence-electron chi connectivity index (χ0n) is 10.9. The van der Waals surface area contributed by atoms with Crippen molar-refractivity contribution in [3.05, 3.63) is 57.8 Å². The Balaban J connectivity index is 2.32. The molecule has 0 aromatic heterocycles. The topological polar surface area (TPSA) is 21.3 Å². The van der Waals surface area contributed by atoms with Gasteiger partial charge in [0.15, 0.2) is 5.75 Å². The molecule has 0 amide bonds. The van der Waals surface area contributed by atoms with E-state index in [1.807, 2.05) is 19.1 Å². The van der Waals surface area contributed by atoms with Gasteiger partial charge in [0, 0.05) is 12.1 Å². The van der Waals surface area contributed by atoms with Crippen LogP contribution < -0.4 is 10.1 Å². The molecule has 0 spiro atoms. The van der Waals surface area contributed by atoms with Gasteiger partial charge >= 0.3 is 0 Å². The van der Waals surface area contributed by atoms with Crippen LogP contribution >= 0.6 is 23.2 Å². The molecule has 2 nitrogen and oxygen atoms in total. The van der Waals surface area contributed by atoms with E-state index in [0.717, 1.165) is 12.1 Å². The summed E-state index contributed by atoms with van der Waals surface area (Å²) >= 11 is 12.1. The molecule has 0 radical (unpaired) electrons. The molecule has 0 bridgehead atoms. The van der Waals surface area contributed by atoms with E-state index in [9.17, 15) is 4.39 Å². The van der Waals surface area contributed by atoms with Crippen LogP contribution in [0.4, 0.5) is 4.39 Å². The third kappa shape index (κ3) is 3.63. The molecule has 0 saturated heterocycles. The van der Waals surface area contributed by atoms with E-state index < -0.39 is 5.82 Å². The van der Waals surface area contributed by atoms with Crippen molar-refractivity contribution >= 4 is 23.2 Å². The van der Waals surface area contributed by atoms with Crippen LogP contribution in [-0.4, -0.2) is 6.54 Å². The molecule has 0 aliphatic heterocycles. The van der Waals surface area contributed by atoms with Crippen molar-refractivity contribution in [3.63, 3.8) is 0 Å². The summed E-state index contributed by atoms with van der Waals surface area (Å²) in [7, 11) is 0. The first-order valence-electron chi connectivity index (χ1n) is 6.23. The molecular weight excluding hydrogens is 300 g/mol. The van der Waals surface area contributed by atoms with Crippen LogP contribution in [0.2, 0.25) is 10.0 Å². The van der Waals surface area contributed by atoms with Gasteiger partial charge in [-0.2, -0.15) is 0 Å². The average molecular weight is 314 g/mol. The Morgan fingerprint density at radius 1 is 1.15 bits per heavy atom. The smallest absolute Gasteiger partial charge is 0.150 e. The lowest BCUT2D eigenvalue weighted by Crippen LogP contribution is -2.12. The van der Waals surface area contributed by atoms with E-state index in [0.29, 0.717) is 23.1 Å². The molecule has 0 aliphatic rings. The quantitative estimate of drug-likeness (QED) is 0.835. The van der Waals surface area contributed by atoms with Gasteiger partial charge in [0.05, 0.1) is 10.0 Å². The molecule has 0 saturated carbocycles. The highest BCUT2D eigenvalue weighted by molar-refractivity contribution is 6.33. The minimum atomic E-state index is -0.408. The van der Waals surface area contributed by atoms with Gasteiger partial charge in [-0.15, -0.1) is 0 Å². The van der Waals surface area contributed by atoms with Crippen LogP contribution in [0.3, 0.4) is 0 Å². The predicted molar refractivity (Wildman–Crippen MR) is 80.3 cm³/mol. The predicted octanol–water partition coefficient (Wildman–Crippen LogP) is 5.03. The van der Waals surface area contributed by atoms with Gasteiger partial charge in [0.1, 0.15) is 11.6 Å². The zero-order valence-corrected chi connectivity index (χ0v) is 12.4. The lowest BCUT2D eigenvalue weighted by molar-refractivity contribution is 0.472. The normalized spacial score (nSPS) is 10.6. The van der Waals surface area contributed by atoms with E-state index in [1.54, 1.807) is 6.07 Å². The Morgan fingerprint density at radius 3 is 2.65 bits per heavy atom. The molecule has 0 atom stereocenters. The van der Waals surface area contributed by atoms with Gasteiger partial charge in [-0.3, -0.25) is 0 Å². The molecule has 106 valence electrons. The molecule has 0 unspecified atom stereocenters. The number of ether oxygens (including phenoxy) is 1. The van der Waals surface area contributed by atoms with Crippen LogP contribution in [-0.2, 0) is 6.54 Å². The van der Waals surface area contributed by atoms with Crippen molar-refractivity contribution in [2.45, 2.75) is 13.5 Å². The van der Waals surface area contributed by atoms with E-state index in [1.165, 1.54) is 18.2 Å². The largest absolute Gasteiger partial charge is 0.454 e. The molecule has 0 heterocycles. The number of benzene rings is 2. The molecular formula is C15H14Cl2FNO. The Kier molecular flexibility index (Phi) is 5.24. The van der Waals surface area contributed by atoms with Crippen molar-refractivity contribution in [2.75, 3.05) is 6.54 Å². The van der Waals surface area contributed by atoms with Crippen molar-refractivity contribution < 1.29 is 9.13 Å². The molecule has 2 aromatic rings. The van der Waals surface area contributed by atoms with E-state index in [-0.39, 0.29) is 5.02 Å². The standard InChI is InChI=1S/C15H14Cl2FNO/c1-2-19-9-10-4-3-5-12(16)15(10)20-14-7-6-11(18)8-13(14)17/h3-8,19H,2,9H2,1H3. The van der Waals surface area contributed by atoms with Crippen LogP contribution in [0.5, 0.6) is 11.5 Å². The Hall–Kier alpha value is -1.29. The maximum atomic E-state index is 13.0. The fourth-order valence-corrected chi connectivity index (χ4v) is 2.17. The van der Waals surface area contributed by atoms with Crippen LogP contribution in [0.15, 0.2) is 36.4 Å². The van der Waals surface area contributed by atoms with Crippen LogP contribution in [0.1, 0.15) is 12.5 Å². The molecule has 2 rings (SSSR count). The number of nitrogens with one attached hydrogen (secondary N) is 1. The highest BCUT2D eigenvalue weighted by Crippen LogP contribution is 2.36. The average Bonchev–Trinajstić information content (AvgIpc) is 2.42. The number of hydrogen-bond donors (Lipinski definition) is 1. The highest BCUT2D eigenvalue weighted by atomic mass is 35.5. The highest BCUT2D eigenvalue weighted by Gasteiger charge is 2.12. The van der Waals surface area contributed by atoms with Gasteiger partial charge in [-0.1, -0.05) is 42.3 Å². The lowest BCUT2D eigenvalue weighted by atomic mass is 10.2. The van der Waals surface area contributed by atoms with Crippen molar-refractivity contribution in [1.29, 1.82) is 0 Å². The Labute approximate surface area is 127 Å². The number of rotatable bonds is 5. The maximum absolute atomic E-state index is 13.0. The van der Waals surface area contributed by atoms with Crippen LogP contribution in [0.25, 0.3) is 0 Å². The fraction of sp³-hybridized carbons (Fsp3) is 0.200. The number of para-hydroxylation sites is 1. The lowest BCUT2D eigenvalue weighted by Gasteiger charge is -2.14. The van der Waals surface area contributed by atoms with Crippen molar-refractivity contribution in [3.8, 4) is 11.5 Å². The summed E-state index contributed by atoms with van der Waals surface area (Å²) in [4.78, 5) is 0. The fourth-order valence-electron chi connectivity index (χ4n) is 1.73. The third-order valence-corrected chi connectivity index (χ3v) is 3.31. The summed E-state index contributed by atoms with van der Waals surface area (Å²) in [5.41, 5.74) is 0.916. The SMILES string of the molecule is CCNCc1cccc(Cl)c1Oc1ccc(F)cc1Cl. The van der Waals surface area contributed by atoms with Gasteiger partial charge in [0.2, 0.25) is 0 Å². The number of halogens is 3. The Bertz CT molecular complexity index is 604. The molecule has 20 heavy (non-hydrogen) atoms. The number of hydrogen-bond acceptors (Lipinski definition) is 2. The van der Waals surface area contributed by atoms with Gasteiger partial charge in [-0.25, -0.2) is 4.39 Å². The molecule has 1 N–H and O–H groups in total. The second-order valence-corrected chi connectivity index (χ2v) is 5.00. The second kappa shape index (κ2) is 6.93. The summed E-state index contributed by atoms with van der Waals surface area (Å²) in [6.45, 7) is 3.48. The van der Waals surface area contributed by atoms with E-state index >= 15 is 0 Å². The van der Waals surface area contributed by atoms with Gasteiger partial charge in [-0.05, 0) is 30.8 Å². The van der Waals surface area contributed by atoms with Crippen LogP contribution in [0, 0.1) is 5.82 Å². The van der Waals surface area contributed by atoms with Gasteiger partial charge < -0.3 is 10.1 Å². The first-order chi connectivity index (χ1) is 9.61. The minimum absolute atomic E-state index is 0.208. The van der Waals surface area contributed by atoms with Crippen molar-refractivity contribution in [1.82, 2.24) is 5.32 Å².